The molecule has 0 atom stereocenters. The van der Waals surface area contributed by atoms with Crippen LogP contribution in [0, 0.1) is 10.8 Å². The van der Waals surface area contributed by atoms with E-state index < -0.39 is 0 Å². The molecular formula is C14H22BrNS. The fourth-order valence-electron chi connectivity index (χ4n) is 4.02. The molecule has 0 aromatic carbocycles. The number of rotatable bonds is 1. The van der Waals surface area contributed by atoms with Crippen molar-refractivity contribution in [3.8, 4) is 0 Å². The molecule has 2 rings (SSSR count). The molecule has 0 saturated heterocycles. The first kappa shape index (κ1) is 13.6. The van der Waals surface area contributed by atoms with Gasteiger partial charge in [-0.1, -0.05) is 27.7 Å². The van der Waals surface area contributed by atoms with Crippen LogP contribution in [0.4, 0.5) is 0 Å². The summed E-state index contributed by atoms with van der Waals surface area (Å²) in [7, 11) is 0. The van der Waals surface area contributed by atoms with E-state index in [-0.39, 0.29) is 5.54 Å². The van der Waals surface area contributed by atoms with Crippen LogP contribution in [-0.2, 0) is 5.54 Å². The second kappa shape index (κ2) is 4.07. The fourth-order valence-corrected chi connectivity index (χ4v) is 5.81. The van der Waals surface area contributed by atoms with Gasteiger partial charge in [-0.25, -0.2) is 0 Å². The molecule has 96 valence electrons. The average Bonchev–Trinajstić information content (AvgIpc) is 2.44. The van der Waals surface area contributed by atoms with Crippen LogP contribution in [0.2, 0.25) is 0 Å². The predicted octanol–water partition coefficient (Wildman–Crippen LogP) is 4.90. The summed E-state index contributed by atoms with van der Waals surface area (Å²) in [5, 5.41) is 4.35. The van der Waals surface area contributed by atoms with Crippen LogP contribution in [0.3, 0.4) is 0 Å². The third-order valence-electron chi connectivity index (χ3n) is 3.70. The summed E-state index contributed by atoms with van der Waals surface area (Å²) in [5.41, 5.74) is 8.51. The molecule has 0 amide bonds. The molecule has 1 fully saturated rings. The number of thiophene rings is 1. The molecule has 0 unspecified atom stereocenters. The molecule has 0 aliphatic heterocycles. The average molecular weight is 316 g/mol. The molecule has 3 heteroatoms. The van der Waals surface area contributed by atoms with Crippen molar-refractivity contribution in [1.82, 2.24) is 0 Å². The van der Waals surface area contributed by atoms with E-state index in [0.29, 0.717) is 10.8 Å². The van der Waals surface area contributed by atoms with Crippen molar-refractivity contribution in [2.75, 3.05) is 0 Å². The fraction of sp³-hybridized carbons (Fsp3) is 0.714. The highest BCUT2D eigenvalue weighted by atomic mass is 79.9. The Morgan fingerprint density at radius 2 is 1.59 bits per heavy atom. The lowest BCUT2D eigenvalue weighted by Gasteiger charge is -2.50. The van der Waals surface area contributed by atoms with Gasteiger partial charge in [0.15, 0.2) is 0 Å². The summed E-state index contributed by atoms with van der Waals surface area (Å²) in [5.74, 6) is 0. The van der Waals surface area contributed by atoms with Crippen molar-refractivity contribution in [3.05, 3.63) is 20.8 Å². The van der Waals surface area contributed by atoms with E-state index in [4.69, 9.17) is 5.73 Å². The maximum atomic E-state index is 6.75. The van der Waals surface area contributed by atoms with Crippen molar-refractivity contribution in [2.45, 2.75) is 52.5 Å². The lowest BCUT2D eigenvalue weighted by Crippen LogP contribution is -2.49. The van der Waals surface area contributed by atoms with E-state index in [9.17, 15) is 0 Å². The van der Waals surface area contributed by atoms with Gasteiger partial charge in [-0.05, 0) is 57.0 Å². The van der Waals surface area contributed by atoms with Crippen LogP contribution in [0.5, 0.6) is 0 Å². The molecule has 0 bridgehead atoms. The van der Waals surface area contributed by atoms with Gasteiger partial charge in [-0.3, -0.25) is 0 Å². The number of hydrogen-bond acceptors (Lipinski definition) is 2. The van der Waals surface area contributed by atoms with E-state index in [1.165, 1.54) is 16.5 Å². The van der Waals surface area contributed by atoms with E-state index in [0.717, 1.165) is 12.8 Å². The largest absolute Gasteiger partial charge is 0.321 e. The van der Waals surface area contributed by atoms with Gasteiger partial charge in [-0.2, -0.15) is 11.3 Å². The SMILES string of the molecule is CC1(C)CC(C)(C)CC(N)(c2cscc2Br)C1. The zero-order valence-corrected chi connectivity index (χ0v) is 13.5. The summed E-state index contributed by atoms with van der Waals surface area (Å²) in [6.07, 6.45) is 3.39. The molecule has 1 aromatic rings. The highest BCUT2D eigenvalue weighted by molar-refractivity contribution is 9.10. The normalized spacial score (nSPS) is 25.8. The maximum Gasteiger partial charge on any atom is 0.0439 e. The number of nitrogens with two attached hydrogens (primary N) is 1. The van der Waals surface area contributed by atoms with Gasteiger partial charge in [-0.15, -0.1) is 0 Å². The van der Waals surface area contributed by atoms with Crippen LogP contribution >= 0.6 is 27.3 Å². The van der Waals surface area contributed by atoms with Gasteiger partial charge < -0.3 is 5.73 Å². The van der Waals surface area contributed by atoms with E-state index in [1.54, 1.807) is 11.3 Å². The lowest BCUT2D eigenvalue weighted by molar-refractivity contribution is 0.0469. The van der Waals surface area contributed by atoms with Crippen molar-refractivity contribution in [2.24, 2.45) is 16.6 Å². The standard InChI is InChI=1S/C14H22BrNS/c1-12(2)7-13(3,4)9-14(16,8-12)10-5-17-6-11(10)15/h5-6H,7-9,16H2,1-4H3. The molecule has 1 aromatic heterocycles. The van der Waals surface area contributed by atoms with Gasteiger partial charge >= 0.3 is 0 Å². The Hall–Kier alpha value is 0.140. The second-order valence-electron chi connectivity index (χ2n) is 7.15. The zero-order chi connectivity index (χ0) is 12.9. The van der Waals surface area contributed by atoms with Gasteiger partial charge in [0, 0.05) is 15.4 Å². The van der Waals surface area contributed by atoms with Gasteiger partial charge in [0.05, 0.1) is 0 Å². The number of hydrogen-bond donors (Lipinski definition) is 1. The van der Waals surface area contributed by atoms with Crippen molar-refractivity contribution < 1.29 is 0 Å². The Kier molecular flexibility index (Phi) is 3.25. The molecule has 1 aliphatic rings. The minimum absolute atomic E-state index is 0.177. The smallest absolute Gasteiger partial charge is 0.0439 e. The summed E-state index contributed by atoms with van der Waals surface area (Å²) >= 11 is 5.37. The maximum absolute atomic E-state index is 6.75. The minimum Gasteiger partial charge on any atom is -0.321 e. The molecule has 1 nitrogen and oxygen atoms in total. The van der Waals surface area contributed by atoms with Gasteiger partial charge in [0.2, 0.25) is 0 Å². The molecule has 0 spiro atoms. The van der Waals surface area contributed by atoms with Gasteiger partial charge in [0.1, 0.15) is 0 Å². The van der Waals surface area contributed by atoms with Crippen molar-refractivity contribution in [3.63, 3.8) is 0 Å². The molecule has 1 aliphatic carbocycles. The summed E-state index contributed by atoms with van der Waals surface area (Å²) in [6.45, 7) is 9.37. The van der Waals surface area contributed by atoms with Crippen molar-refractivity contribution >= 4 is 27.3 Å². The molecular weight excluding hydrogens is 294 g/mol. The topological polar surface area (TPSA) is 26.0 Å². The Bertz CT molecular complexity index is 404. The molecule has 1 saturated carbocycles. The van der Waals surface area contributed by atoms with E-state index >= 15 is 0 Å². The molecule has 2 N–H and O–H groups in total. The lowest BCUT2D eigenvalue weighted by atomic mass is 9.57. The van der Waals surface area contributed by atoms with Crippen LogP contribution in [-0.4, -0.2) is 0 Å². The summed E-state index contributed by atoms with van der Waals surface area (Å²) in [4.78, 5) is 0. The third-order valence-corrected chi connectivity index (χ3v) is 5.40. The molecule has 1 heterocycles. The third kappa shape index (κ3) is 2.77. The Balaban J connectivity index is 2.41. The highest BCUT2D eigenvalue weighted by Gasteiger charge is 2.46. The first-order chi connectivity index (χ1) is 7.64. The van der Waals surface area contributed by atoms with Crippen LogP contribution in [0.1, 0.15) is 52.5 Å². The second-order valence-corrected chi connectivity index (χ2v) is 8.75. The van der Waals surface area contributed by atoms with E-state index in [1.807, 2.05) is 0 Å². The highest BCUT2D eigenvalue weighted by Crippen LogP contribution is 2.53. The number of halogens is 1. The first-order valence-corrected chi connectivity index (χ1v) is 7.88. The predicted molar refractivity (Wildman–Crippen MR) is 79.3 cm³/mol. The first-order valence-electron chi connectivity index (χ1n) is 6.15. The summed E-state index contributed by atoms with van der Waals surface area (Å²) < 4.78 is 1.18. The minimum atomic E-state index is -0.177. The quantitative estimate of drug-likeness (QED) is 0.783. The Labute approximate surface area is 117 Å². The monoisotopic (exact) mass is 315 g/mol. The van der Waals surface area contributed by atoms with Crippen molar-refractivity contribution in [1.29, 1.82) is 0 Å². The van der Waals surface area contributed by atoms with Crippen LogP contribution < -0.4 is 5.73 Å². The Morgan fingerprint density at radius 1 is 1.06 bits per heavy atom. The van der Waals surface area contributed by atoms with Crippen LogP contribution in [0.25, 0.3) is 0 Å². The zero-order valence-electron chi connectivity index (χ0n) is 11.1. The van der Waals surface area contributed by atoms with Crippen LogP contribution in [0.15, 0.2) is 15.2 Å². The molecule has 0 radical (unpaired) electrons. The van der Waals surface area contributed by atoms with Gasteiger partial charge in [0.25, 0.3) is 0 Å². The Morgan fingerprint density at radius 3 is 2.00 bits per heavy atom. The molecule has 17 heavy (non-hydrogen) atoms. The summed E-state index contributed by atoms with van der Waals surface area (Å²) in [6, 6.07) is 0. The van der Waals surface area contributed by atoms with E-state index in [2.05, 4.69) is 54.4 Å².